The van der Waals surface area contributed by atoms with Crippen LogP contribution in [-0.4, -0.2) is 22.8 Å². The van der Waals surface area contributed by atoms with Crippen LogP contribution >= 0.6 is 0 Å². The van der Waals surface area contributed by atoms with Gasteiger partial charge in [-0.15, -0.1) is 0 Å². The fourth-order valence-corrected chi connectivity index (χ4v) is 2.03. The van der Waals surface area contributed by atoms with Crippen LogP contribution in [0.15, 0.2) is 18.2 Å². The Morgan fingerprint density at radius 1 is 1.47 bits per heavy atom. The van der Waals surface area contributed by atoms with Crippen LogP contribution in [-0.2, 0) is 11.2 Å². The summed E-state index contributed by atoms with van der Waals surface area (Å²) in [6.45, 7) is 0.702. The number of ether oxygens (including phenoxy) is 1. The van der Waals surface area contributed by atoms with Crippen molar-refractivity contribution in [1.82, 2.24) is 0 Å². The van der Waals surface area contributed by atoms with Crippen molar-refractivity contribution in [1.29, 1.82) is 0 Å². The van der Waals surface area contributed by atoms with Gasteiger partial charge in [0.2, 0.25) is 0 Å². The molecule has 1 aromatic carbocycles. The van der Waals surface area contributed by atoms with E-state index in [1.54, 1.807) is 0 Å². The molecule has 2 rings (SSSR count). The summed E-state index contributed by atoms with van der Waals surface area (Å²) in [5.74, 6) is 0.0750. The number of hydrogen-bond acceptors (Lipinski definition) is 3. The third-order valence-electron chi connectivity index (χ3n) is 2.97. The van der Waals surface area contributed by atoms with E-state index < -0.39 is 12.1 Å². The molecular weight excluding hydrogens is 220 g/mol. The number of aliphatic hydroxyl groups excluding tert-OH is 1. The average Bonchev–Trinajstić information content (AvgIpc) is 2.75. The molecule has 2 N–H and O–H groups in total. The molecule has 1 unspecified atom stereocenters. The monoisotopic (exact) mass is 236 g/mol. The maximum absolute atomic E-state index is 10.4. The minimum atomic E-state index is -0.820. The van der Waals surface area contributed by atoms with Crippen molar-refractivity contribution in [2.45, 2.75) is 31.8 Å². The molecule has 0 spiro atoms. The van der Waals surface area contributed by atoms with E-state index in [1.807, 2.05) is 18.2 Å². The zero-order chi connectivity index (χ0) is 12.3. The van der Waals surface area contributed by atoms with Crippen molar-refractivity contribution in [2.75, 3.05) is 6.61 Å². The minimum Gasteiger partial charge on any atom is -0.493 e. The molecule has 0 aromatic heterocycles. The number of rotatable bonds is 5. The molecule has 0 aliphatic carbocycles. The van der Waals surface area contributed by atoms with Gasteiger partial charge in [-0.05, 0) is 36.1 Å². The van der Waals surface area contributed by atoms with E-state index in [1.165, 1.54) is 0 Å². The summed E-state index contributed by atoms with van der Waals surface area (Å²) in [6.07, 6.45) is 1.37. The molecule has 17 heavy (non-hydrogen) atoms. The molecule has 0 saturated carbocycles. The van der Waals surface area contributed by atoms with E-state index in [0.29, 0.717) is 19.4 Å². The number of benzene rings is 1. The number of carboxylic acids is 1. The summed E-state index contributed by atoms with van der Waals surface area (Å²) in [5.41, 5.74) is 1.97. The maximum Gasteiger partial charge on any atom is 0.303 e. The highest BCUT2D eigenvalue weighted by Crippen LogP contribution is 2.29. The van der Waals surface area contributed by atoms with Gasteiger partial charge < -0.3 is 14.9 Å². The number of hydrogen-bond donors (Lipinski definition) is 2. The summed E-state index contributed by atoms with van der Waals surface area (Å²) in [6, 6.07) is 5.67. The zero-order valence-electron chi connectivity index (χ0n) is 9.56. The standard InChI is InChI=1S/C13H16O4/c14-11(2-1-3-13(15)16)9-4-5-12-10(8-9)6-7-17-12/h4-5,8,11,14H,1-3,6-7H2,(H,15,16). The van der Waals surface area contributed by atoms with Gasteiger partial charge in [0.05, 0.1) is 12.7 Å². The Hall–Kier alpha value is -1.55. The van der Waals surface area contributed by atoms with Gasteiger partial charge in [0.1, 0.15) is 5.75 Å². The van der Waals surface area contributed by atoms with Crippen LogP contribution < -0.4 is 4.74 Å². The Morgan fingerprint density at radius 2 is 2.29 bits per heavy atom. The SMILES string of the molecule is O=C(O)CCCC(O)c1ccc2c(c1)CCO2. The van der Waals surface area contributed by atoms with Crippen LogP contribution in [0.5, 0.6) is 5.75 Å². The van der Waals surface area contributed by atoms with Crippen molar-refractivity contribution in [3.63, 3.8) is 0 Å². The van der Waals surface area contributed by atoms with Crippen LogP contribution in [0, 0.1) is 0 Å². The van der Waals surface area contributed by atoms with Gasteiger partial charge in [0, 0.05) is 12.8 Å². The zero-order valence-corrected chi connectivity index (χ0v) is 9.56. The molecule has 0 fully saturated rings. The number of fused-ring (bicyclic) bond motifs is 1. The molecule has 4 nitrogen and oxygen atoms in total. The van der Waals surface area contributed by atoms with Gasteiger partial charge in [-0.2, -0.15) is 0 Å². The molecule has 1 aliphatic heterocycles. The van der Waals surface area contributed by atoms with Crippen LogP contribution in [0.2, 0.25) is 0 Å². The van der Waals surface area contributed by atoms with E-state index in [0.717, 1.165) is 23.3 Å². The van der Waals surface area contributed by atoms with E-state index in [2.05, 4.69) is 0 Å². The second kappa shape index (κ2) is 5.19. The third kappa shape index (κ3) is 2.97. The Kier molecular flexibility index (Phi) is 3.64. The molecule has 0 bridgehead atoms. The Bertz CT molecular complexity index is 414. The fraction of sp³-hybridized carbons (Fsp3) is 0.462. The number of aliphatic carboxylic acids is 1. The van der Waals surface area contributed by atoms with Gasteiger partial charge in [-0.1, -0.05) is 6.07 Å². The van der Waals surface area contributed by atoms with Gasteiger partial charge in [0.15, 0.2) is 0 Å². The summed E-state index contributed by atoms with van der Waals surface area (Å²) in [4.78, 5) is 10.4. The molecule has 4 heteroatoms. The molecule has 1 atom stereocenters. The van der Waals surface area contributed by atoms with Crippen molar-refractivity contribution >= 4 is 5.97 Å². The summed E-state index contributed by atoms with van der Waals surface area (Å²) >= 11 is 0. The largest absolute Gasteiger partial charge is 0.493 e. The molecule has 92 valence electrons. The fourth-order valence-electron chi connectivity index (χ4n) is 2.03. The van der Waals surface area contributed by atoms with Crippen LogP contribution in [0.4, 0.5) is 0 Å². The molecule has 1 aliphatic rings. The molecule has 0 radical (unpaired) electrons. The molecule has 0 amide bonds. The first-order valence-corrected chi connectivity index (χ1v) is 5.82. The number of aliphatic hydroxyl groups is 1. The van der Waals surface area contributed by atoms with Crippen LogP contribution in [0.25, 0.3) is 0 Å². The lowest BCUT2D eigenvalue weighted by atomic mass is 10.0. The number of carboxylic acid groups (broad SMARTS) is 1. The van der Waals surface area contributed by atoms with Gasteiger partial charge in [-0.25, -0.2) is 0 Å². The predicted octanol–water partition coefficient (Wildman–Crippen LogP) is 1.91. The molecule has 1 aromatic rings. The van der Waals surface area contributed by atoms with Crippen molar-refractivity contribution < 1.29 is 19.7 Å². The van der Waals surface area contributed by atoms with Gasteiger partial charge >= 0.3 is 5.97 Å². The van der Waals surface area contributed by atoms with E-state index in [9.17, 15) is 9.90 Å². The summed E-state index contributed by atoms with van der Waals surface area (Å²) in [7, 11) is 0. The highest BCUT2D eigenvalue weighted by molar-refractivity contribution is 5.66. The lowest BCUT2D eigenvalue weighted by Crippen LogP contribution is -2.01. The first-order valence-electron chi connectivity index (χ1n) is 5.82. The Balaban J connectivity index is 1.95. The minimum absolute atomic E-state index is 0.102. The molecular formula is C13H16O4. The second-order valence-corrected chi connectivity index (χ2v) is 4.27. The van der Waals surface area contributed by atoms with E-state index in [-0.39, 0.29) is 6.42 Å². The topological polar surface area (TPSA) is 66.8 Å². The van der Waals surface area contributed by atoms with Gasteiger partial charge in [-0.3, -0.25) is 4.79 Å². The van der Waals surface area contributed by atoms with E-state index in [4.69, 9.17) is 9.84 Å². The number of carbonyl (C=O) groups is 1. The van der Waals surface area contributed by atoms with Gasteiger partial charge in [0.25, 0.3) is 0 Å². The van der Waals surface area contributed by atoms with E-state index >= 15 is 0 Å². The maximum atomic E-state index is 10.4. The lowest BCUT2D eigenvalue weighted by Gasteiger charge is -2.11. The average molecular weight is 236 g/mol. The van der Waals surface area contributed by atoms with Crippen molar-refractivity contribution in [3.05, 3.63) is 29.3 Å². The van der Waals surface area contributed by atoms with Crippen LogP contribution in [0.1, 0.15) is 36.5 Å². The first-order chi connectivity index (χ1) is 8.16. The second-order valence-electron chi connectivity index (χ2n) is 4.27. The highest BCUT2D eigenvalue weighted by atomic mass is 16.5. The van der Waals surface area contributed by atoms with Crippen molar-refractivity contribution in [3.8, 4) is 5.75 Å². The Labute approximate surface area is 99.8 Å². The predicted molar refractivity (Wildman–Crippen MR) is 62.1 cm³/mol. The summed E-state index contributed by atoms with van der Waals surface area (Å²) in [5, 5.41) is 18.5. The first kappa shape index (κ1) is 11.9. The Morgan fingerprint density at radius 3 is 3.06 bits per heavy atom. The highest BCUT2D eigenvalue weighted by Gasteiger charge is 2.15. The normalized spacial score (nSPS) is 15.1. The smallest absolute Gasteiger partial charge is 0.303 e. The third-order valence-corrected chi connectivity index (χ3v) is 2.97. The quantitative estimate of drug-likeness (QED) is 0.819. The van der Waals surface area contributed by atoms with Crippen molar-refractivity contribution in [2.24, 2.45) is 0 Å². The van der Waals surface area contributed by atoms with Crippen LogP contribution in [0.3, 0.4) is 0 Å². The summed E-state index contributed by atoms with van der Waals surface area (Å²) < 4.78 is 5.39. The molecule has 0 saturated heterocycles. The lowest BCUT2D eigenvalue weighted by molar-refractivity contribution is -0.137. The molecule has 1 heterocycles.